The molecule has 0 spiro atoms. The van der Waals surface area contributed by atoms with Gasteiger partial charge in [-0.3, -0.25) is 4.79 Å². The summed E-state index contributed by atoms with van der Waals surface area (Å²) in [7, 11) is 0. The molecule has 0 bridgehead atoms. The molecule has 3 heterocycles. The van der Waals surface area contributed by atoms with Crippen LogP contribution in [0.2, 0.25) is 0 Å². The van der Waals surface area contributed by atoms with E-state index in [2.05, 4.69) is 16.4 Å². The van der Waals surface area contributed by atoms with Gasteiger partial charge in [-0.2, -0.15) is 10.2 Å². The van der Waals surface area contributed by atoms with Crippen LogP contribution in [0.15, 0.2) is 42.7 Å². The lowest BCUT2D eigenvalue weighted by molar-refractivity contribution is -0.138. The fourth-order valence-electron chi connectivity index (χ4n) is 5.54. The number of amides is 1. The molecule has 3 aromatic rings. The molecule has 36 heavy (non-hydrogen) atoms. The van der Waals surface area contributed by atoms with Crippen molar-refractivity contribution < 1.29 is 9.90 Å². The third-order valence-corrected chi connectivity index (χ3v) is 7.76. The van der Waals surface area contributed by atoms with Crippen LogP contribution in [0.5, 0.6) is 0 Å². The smallest absolute Gasteiger partial charge is 0.225 e. The molecule has 0 radical (unpaired) electrons. The van der Waals surface area contributed by atoms with E-state index in [1.165, 1.54) is 0 Å². The number of benzene rings is 1. The number of carbonyl (C=O) groups is 1. The Bertz CT molecular complexity index is 1280. The van der Waals surface area contributed by atoms with E-state index in [4.69, 9.17) is 4.98 Å². The minimum Gasteiger partial charge on any atom is -0.393 e. The minimum atomic E-state index is -0.584. The van der Waals surface area contributed by atoms with Gasteiger partial charge in [-0.25, -0.2) is 4.98 Å². The van der Waals surface area contributed by atoms with Crippen molar-refractivity contribution in [1.29, 1.82) is 5.26 Å². The van der Waals surface area contributed by atoms with Gasteiger partial charge in [0.15, 0.2) is 0 Å². The molecule has 0 atom stereocenters. The first-order valence-electron chi connectivity index (χ1n) is 12.9. The first-order chi connectivity index (χ1) is 17.4. The summed E-state index contributed by atoms with van der Waals surface area (Å²) in [4.78, 5) is 24.1. The normalized spacial score (nSPS) is 21.3. The number of nitrogens with one attached hydrogen (secondary N) is 1. The molecule has 5 rings (SSSR count). The number of hydrogen-bond acceptors (Lipinski definition) is 6. The number of nitrogens with zero attached hydrogens (tertiary/aromatic N) is 5. The predicted molar refractivity (Wildman–Crippen MR) is 139 cm³/mol. The average Bonchev–Trinajstić information content (AvgIpc) is 3.34. The van der Waals surface area contributed by atoms with Crippen LogP contribution in [-0.2, 0) is 10.2 Å². The zero-order chi connectivity index (χ0) is 25.3. The molecule has 8 heteroatoms. The van der Waals surface area contributed by atoms with Gasteiger partial charge in [0.25, 0.3) is 0 Å². The Morgan fingerprint density at radius 1 is 1.11 bits per heavy atom. The number of fused-ring (bicyclic) bond motifs is 1. The van der Waals surface area contributed by atoms with E-state index in [1.807, 2.05) is 59.8 Å². The van der Waals surface area contributed by atoms with Gasteiger partial charge in [0.05, 0.1) is 23.1 Å². The van der Waals surface area contributed by atoms with Crippen molar-refractivity contribution in [2.45, 2.75) is 69.9 Å². The third kappa shape index (κ3) is 4.80. The summed E-state index contributed by atoms with van der Waals surface area (Å²) in [5.41, 5.74) is 1.42. The number of hydrogen-bond donors (Lipinski definition) is 2. The molecule has 1 aliphatic carbocycles. The average molecular weight is 487 g/mol. The van der Waals surface area contributed by atoms with Crippen LogP contribution < -0.4 is 5.32 Å². The molecule has 1 saturated heterocycles. The molecule has 0 unspecified atom stereocenters. The lowest BCUT2D eigenvalue weighted by atomic mass is 9.84. The van der Waals surface area contributed by atoms with Gasteiger partial charge in [-0.1, -0.05) is 12.1 Å². The van der Waals surface area contributed by atoms with E-state index in [9.17, 15) is 15.2 Å². The lowest BCUT2D eigenvalue weighted by Crippen LogP contribution is -2.44. The summed E-state index contributed by atoms with van der Waals surface area (Å²) in [6, 6.07) is 12.6. The van der Waals surface area contributed by atoms with Gasteiger partial charge in [0.1, 0.15) is 5.82 Å². The molecular weight excluding hydrogens is 452 g/mol. The quantitative estimate of drug-likeness (QED) is 0.560. The Morgan fingerprint density at radius 3 is 2.58 bits per heavy atom. The molecule has 8 nitrogen and oxygen atoms in total. The Balaban J connectivity index is 1.26. The maximum Gasteiger partial charge on any atom is 0.225 e. The number of rotatable bonds is 5. The highest BCUT2D eigenvalue weighted by atomic mass is 16.3. The highest BCUT2D eigenvalue weighted by Crippen LogP contribution is 2.32. The monoisotopic (exact) mass is 486 g/mol. The SMILES string of the molecule is CC(C)(C#N)c1cccc2c1ccn2-c1ccnc(N[C@H]2CC[C@H](C(=O)N3CCC(O)CC3)CC2)n1. The highest BCUT2D eigenvalue weighted by molar-refractivity contribution is 5.86. The fourth-order valence-corrected chi connectivity index (χ4v) is 5.54. The number of piperidine rings is 1. The number of nitriles is 1. The standard InChI is InChI=1S/C28H34N6O2/c1-28(2,18-29)23-4-3-5-24-22(23)13-17-34(24)25-10-14-30-27(32-25)31-20-8-6-19(7-9-20)26(36)33-15-11-21(35)12-16-33/h3-5,10,13-14,17,19-21,35H,6-9,11-12,15-16H2,1-2H3,(H,30,31,32)/t19-,20-. The van der Waals surface area contributed by atoms with E-state index in [1.54, 1.807) is 6.20 Å². The maximum absolute atomic E-state index is 12.9. The van der Waals surface area contributed by atoms with Crippen LogP contribution in [0.1, 0.15) is 57.9 Å². The summed E-state index contributed by atoms with van der Waals surface area (Å²) < 4.78 is 2.03. The highest BCUT2D eigenvalue weighted by Gasteiger charge is 2.31. The van der Waals surface area contributed by atoms with Gasteiger partial charge in [-0.15, -0.1) is 0 Å². The van der Waals surface area contributed by atoms with Gasteiger partial charge in [0, 0.05) is 42.8 Å². The fraction of sp³-hybridized carbons (Fsp3) is 0.500. The van der Waals surface area contributed by atoms with Crippen molar-refractivity contribution in [2.75, 3.05) is 18.4 Å². The molecule has 2 aliphatic rings. The maximum atomic E-state index is 12.9. The Morgan fingerprint density at radius 2 is 1.86 bits per heavy atom. The second-order valence-corrected chi connectivity index (χ2v) is 10.6. The summed E-state index contributed by atoms with van der Waals surface area (Å²) in [6.07, 6.45) is 8.38. The van der Waals surface area contributed by atoms with Crippen molar-refractivity contribution in [3.8, 4) is 11.9 Å². The minimum absolute atomic E-state index is 0.0728. The number of carbonyl (C=O) groups excluding carboxylic acids is 1. The second kappa shape index (κ2) is 9.90. The molecule has 2 aromatic heterocycles. The van der Waals surface area contributed by atoms with Crippen molar-refractivity contribution >= 4 is 22.8 Å². The molecular formula is C28H34N6O2. The van der Waals surface area contributed by atoms with Crippen LogP contribution in [-0.4, -0.2) is 55.7 Å². The van der Waals surface area contributed by atoms with Crippen LogP contribution in [0.25, 0.3) is 16.7 Å². The van der Waals surface area contributed by atoms with Gasteiger partial charge < -0.3 is 19.9 Å². The second-order valence-electron chi connectivity index (χ2n) is 10.6. The van der Waals surface area contributed by atoms with E-state index in [0.29, 0.717) is 31.9 Å². The van der Waals surface area contributed by atoms with Gasteiger partial charge in [0.2, 0.25) is 11.9 Å². The first-order valence-corrected chi connectivity index (χ1v) is 12.9. The van der Waals surface area contributed by atoms with Crippen LogP contribution in [0, 0.1) is 17.2 Å². The third-order valence-electron chi connectivity index (χ3n) is 7.76. The Kier molecular flexibility index (Phi) is 6.67. The van der Waals surface area contributed by atoms with Crippen molar-refractivity contribution in [2.24, 2.45) is 5.92 Å². The van der Waals surface area contributed by atoms with Crippen molar-refractivity contribution in [1.82, 2.24) is 19.4 Å². The van der Waals surface area contributed by atoms with Crippen molar-refractivity contribution in [3.05, 3.63) is 48.3 Å². The number of aromatic nitrogens is 3. The molecule has 1 amide bonds. The molecule has 1 aliphatic heterocycles. The number of aliphatic hydroxyl groups excluding tert-OH is 1. The number of aliphatic hydroxyl groups is 1. The Labute approximate surface area is 212 Å². The zero-order valence-electron chi connectivity index (χ0n) is 21.0. The molecule has 188 valence electrons. The van der Waals surface area contributed by atoms with E-state index in [-0.39, 0.29) is 24.0 Å². The van der Waals surface area contributed by atoms with Crippen LogP contribution in [0.3, 0.4) is 0 Å². The summed E-state index contributed by atoms with van der Waals surface area (Å²) >= 11 is 0. The van der Waals surface area contributed by atoms with Crippen molar-refractivity contribution in [3.63, 3.8) is 0 Å². The summed E-state index contributed by atoms with van der Waals surface area (Å²) in [5, 5.41) is 23.9. The number of likely N-dealkylation sites (tertiary alicyclic amines) is 1. The largest absolute Gasteiger partial charge is 0.393 e. The van der Waals surface area contributed by atoms with Gasteiger partial charge >= 0.3 is 0 Å². The Hall–Kier alpha value is -3.44. The molecule has 1 saturated carbocycles. The van der Waals surface area contributed by atoms with Crippen LogP contribution in [0.4, 0.5) is 5.95 Å². The molecule has 2 fully saturated rings. The first kappa shape index (κ1) is 24.3. The van der Waals surface area contributed by atoms with Gasteiger partial charge in [-0.05, 0) is 76.1 Å². The van der Waals surface area contributed by atoms with E-state index >= 15 is 0 Å². The summed E-state index contributed by atoms with van der Waals surface area (Å²) in [5.74, 6) is 1.67. The van der Waals surface area contributed by atoms with E-state index < -0.39 is 5.41 Å². The topological polar surface area (TPSA) is 107 Å². The molecule has 2 N–H and O–H groups in total. The lowest BCUT2D eigenvalue weighted by Gasteiger charge is -2.35. The van der Waals surface area contributed by atoms with Crippen LogP contribution >= 0.6 is 0 Å². The number of anilines is 1. The molecule has 1 aromatic carbocycles. The zero-order valence-corrected chi connectivity index (χ0v) is 21.0. The predicted octanol–water partition coefficient (Wildman–Crippen LogP) is 4.18. The van der Waals surface area contributed by atoms with E-state index in [0.717, 1.165) is 48.0 Å². The summed E-state index contributed by atoms with van der Waals surface area (Å²) in [6.45, 7) is 5.21.